The zero-order valence-electron chi connectivity index (χ0n) is 24.6. The molecule has 226 valence electrons. The minimum absolute atomic E-state index is 0.0538. The van der Waals surface area contributed by atoms with Crippen molar-refractivity contribution >= 4 is 51.0 Å². The average Bonchev–Trinajstić information content (AvgIpc) is 3.66. The summed E-state index contributed by atoms with van der Waals surface area (Å²) in [5.74, 6) is -1.26. The fourth-order valence-electron chi connectivity index (χ4n) is 6.05. The van der Waals surface area contributed by atoms with Crippen molar-refractivity contribution in [3.05, 3.63) is 116 Å². The molecule has 1 fully saturated rings. The van der Waals surface area contributed by atoms with E-state index in [1.54, 1.807) is 41.8 Å². The first-order valence-electron chi connectivity index (χ1n) is 14.5. The number of phenolic OH excluding ortho intramolecular Hbond substituents is 1. The van der Waals surface area contributed by atoms with Crippen LogP contribution >= 0.6 is 22.9 Å². The van der Waals surface area contributed by atoms with Gasteiger partial charge < -0.3 is 19.5 Å². The standard InChI is InChI=1S/C35H33ClN2O5S/c1-42-34(40)28-17-24-13-14-25(39)18-27(24)33(23-11-9-22(10-12-23)19-37-15-5-6-16-37)38(20-29(28)35(41)43-2)21-31-32(36)26-7-3-4-8-30(26)44-31/h3-4,7-14,17-18,20,33,39H,5-6,15-16,19,21H2,1-2H3. The number of carbonyl (C=O) groups excluding carboxylic acids is 2. The van der Waals surface area contributed by atoms with Crippen molar-refractivity contribution in [1.29, 1.82) is 0 Å². The molecule has 2 aliphatic heterocycles. The molecule has 2 aliphatic rings. The van der Waals surface area contributed by atoms with E-state index in [-0.39, 0.29) is 16.9 Å². The Bertz CT molecular complexity index is 1770. The van der Waals surface area contributed by atoms with Gasteiger partial charge in [0.25, 0.3) is 0 Å². The van der Waals surface area contributed by atoms with E-state index in [4.69, 9.17) is 21.1 Å². The van der Waals surface area contributed by atoms with Gasteiger partial charge in [0.05, 0.1) is 43.0 Å². The maximum atomic E-state index is 13.3. The van der Waals surface area contributed by atoms with Crippen LogP contribution in [0, 0.1) is 0 Å². The van der Waals surface area contributed by atoms with Gasteiger partial charge in [-0.1, -0.05) is 60.1 Å². The number of hydrogen-bond donors (Lipinski definition) is 1. The first kappa shape index (κ1) is 29.9. The molecular weight excluding hydrogens is 596 g/mol. The number of halogens is 1. The van der Waals surface area contributed by atoms with E-state index in [9.17, 15) is 14.7 Å². The number of rotatable bonds is 7. The lowest BCUT2D eigenvalue weighted by Crippen LogP contribution is -2.29. The molecule has 44 heavy (non-hydrogen) atoms. The predicted molar refractivity (Wildman–Crippen MR) is 173 cm³/mol. The number of thiophene rings is 1. The number of benzene rings is 3. The minimum Gasteiger partial charge on any atom is -0.508 e. The topological polar surface area (TPSA) is 79.3 Å². The minimum atomic E-state index is -0.676. The summed E-state index contributed by atoms with van der Waals surface area (Å²) in [6.07, 6.45) is 5.74. The number of fused-ring (bicyclic) bond motifs is 2. The molecule has 7 nitrogen and oxygen atoms in total. The maximum Gasteiger partial charge on any atom is 0.340 e. The zero-order chi connectivity index (χ0) is 30.8. The summed E-state index contributed by atoms with van der Waals surface area (Å²) in [5, 5.41) is 12.3. The highest BCUT2D eigenvalue weighted by Gasteiger charge is 2.32. The van der Waals surface area contributed by atoms with E-state index in [1.165, 1.54) is 32.6 Å². The average molecular weight is 629 g/mol. The summed E-state index contributed by atoms with van der Waals surface area (Å²) in [4.78, 5) is 31.7. The molecule has 0 amide bonds. The summed E-state index contributed by atoms with van der Waals surface area (Å²) in [6, 6.07) is 21.0. The van der Waals surface area contributed by atoms with Crippen LogP contribution in [0.4, 0.5) is 0 Å². The first-order chi connectivity index (χ1) is 21.4. The quantitative estimate of drug-likeness (QED) is 0.219. The van der Waals surface area contributed by atoms with Crippen LogP contribution in [-0.4, -0.2) is 54.2 Å². The highest BCUT2D eigenvalue weighted by atomic mass is 35.5. The molecule has 0 saturated carbocycles. The molecular formula is C35H33ClN2O5S. The van der Waals surface area contributed by atoms with Gasteiger partial charge in [-0.2, -0.15) is 0 Å². The predicted octanol–water partition coefficient (Wildman–Crippen LogP) is 7.07. The fraction of sp³-hybridized carbons (Fsp3) is 0.257. The number of likely N-dealkylation sites (tertiary alicyclic amines) is 1. The number of carbonyl (C=O) groups is 2. The number of esters is 2. The van der Waals surface area contributed by atoms with Gasteiger partial charge in [-0.05, 0) is 72.5 Å². The lowest BCUT2D eigenvalue weighted by atomic mass is 9.88. The molecule has 1 unspecified atom stereocenters. The van der Waals surface area contributed by atoms with Crippen LogP contribution in [0.5, 0.6) is 5.75 Å². The van der Waals surface area contributed by atoms with Gasteiger partial charge in [0.1, 0.15) is 5.75 Å². The number of nitrogens with zero attached hydrogens (tertiary/aromatic N) is 2. The number of methoxy groups -OCH3 is 2. The summed E-state index contributed by atoms with van der Waals surface area (Å²) in [7, 11) is 2.56. The lowest BCUT2D eigenvalue weighted by molar-refractivity contribution is -0.139. The van der Waals surface area contributed by atoms with Gasteiger partial charge in [-0.15, -0.1) is 11.3 Å². The van der Waals surface area contributed by atoms with Crippen LogP contribution in [0.1, 0.15) is 46.0 Å². The van der Waals surface area contributed by atoms with Crippen LogP contribution in [0.25, 0.3) is 16.2 Å². The Morgan fingerprint density at radius 1 is 0.932 bits per heavy atom. The highest BCUT2D eigenvalue weighted by molar-refractivity contribution is 7.19. The Kier molecular flexibility index (Phi) is 8.75. The van der Waals surface area contributed by atoms with Crippen molar-refractivity contribution < 1.29 is 24.2 Å². The SMILES string of the molecule is COC(=O)C1=Cc2ccc(O)cc2C(c2ccc(CN3CCCC3)cc2)N(Cc2sc3ccccc3c2Cl)C=C1C(=O)OC. The molecule has 0 radical (unpaired) electrons. The monoisotopic (exact) mass is 628 g/mol. The summed E-state index contributed by atoms with van der Waals surface area (Å²) in [5.41, 5.74) is 3.71. The molecule has 9 heteroatoms. The molecule has 1 aromatic heterocycles. The van der Waals surface area contributed by atoms with Crippen LogP contribution in [0.2, 0.25) is 5.02 Å². The van der Waals surface area contributed by atoms with Gasteiger partial charge in [-0.3, -0.25) is 4.90 Å². The van der Waals surface area contributed by atoms with E-state index in [0.29, 0.717) is 17.1 Å². The summed E-state index contributed by atoms with van der Waals surface area (Å²) in [6.45, 7) is 3.43. The van der Waals surface area contributed by atoms with Crippen LogP contribution in [-0.2, 0) is 32.2 Å². The largest absolute Gasteiger partial charge is 0.508 e. The number of phenols is 1. The molecule has 0 bridgehead atoms. The highest BCUT2D eigenvalue weighted by Crippen LogP contribution is 2.42. The third-order valence-electron chi connectivity index (χ3n) is 8.22. The third kappa shape index (κ3) is 5.98. The Hall–Kier alpha value is -4.11. The van der Waals surface area contributed by atoms with E-state index < -0.39 is 18.0 Å². The van der Waals surface area contributed by atoms with Crippen molar-refractivity contribution in [2.24, 2.45) is 0 Å². The van der Waals surface area contributed by atoms with Crippen molar-refractivity contribution in [1.82, 2.24) is 9.80 Å². The second-order valence-electron chi connectivity index (χ2n) is 11.0. The Morgan fingerprint density at radius 2 is 1.64 bits per heavy atom. The lowest BCUT2D eigenvalue weighted by Gasteiger charge is -2.34. The van der Waals surface area contributed by atoms with Crippen molar-refractivity contribution in [2.45, 2.75) is 32.0 Å². The first-order valence-corrected chi connectivity index (χ1v) is 15.7. The Morgan fingerprint density at radius 3 is 2.34 bits per heavy atom. The van der Waals surface area contributed by atoms with Gasteiger partial charge in [0.2, 0.25) is 0 Å². The normalized spacial score (nSPS) is 17.0. The molecule has 1 atom stereocenters. The molecule has 3 aromatic carbocycles. The zero-order valence-corrected chi connectivity index (χ0v) is 26.2. The smallest absolute Gasteiger partial charge is 0.340 e. The van der Waals surface area contributed by atoms with E-state index in [1.807, 2.05) is 29.2 Å². The molecule has 0 spiro atoms. The van der Waals surface area contributed by atoms with Gasteiger partial charge in [-0.25, -0.2) is 9.59 Å². The molecule has 6 rings (SSSR count). The maximum absolute atomic E-state index is 13.3. The number of hydrogen-bond acceptors (Lipinski definition) is 8. The third-order valence-corrected chi connectivity index (χ3v) is 9.92. The molecule has 1 N–H and O–H groups in total. The fourth-order valence-corrected chi connectivity index (χ4v) is 7.55. The second kappa shape index (κ2) is 12.9. The number of ether oxygens (including phenoxy) is 2. The van der Waals surface area contributed by atoms with E-state index >= 15 is 0 Å². The Balaban J connectivity index is 1.54. The van der Waals surface area contributed by atoms with Gasteiger partial charge in [0.15, 0.2) is 0 Å². The van der Waals surface area contributed by atoms with Crippen LogP contribution in [0.3, 0.4) is 0 Å². The van der Waals surface area contributed by atoms with Crippen LogP contribution in [0.15, 0.2) is 84.1 Å². The van der Waals surface area contributed by atoms with Crippen molar-refractivity contribution in [3.63, 3.8) is 0 Å². The second-order valence-corrected chi connectivity index (χ2v) is 12.5. The molecule has 1 saturated heterocycles. The van der Waals surface area contributed by atoms with Crippen molar-refractivity contribution in [2.75, 3.05) is 27.3 Å². The summed E-state index contributed by atoms with van der Waals surface area (Å²) >= 11 is 8.52. The van der Waals surface area contributed by atoms with Gasteiger partial charge in [0, 0.05) is 27.7 Å². The summed E-state index contributed by atoms with van der Waals surface area (Å²) < 4.78 is 11.3. The van der Waals surface area contributed by atoms with Crippen molar-refractivity contribution in [3.8, 4) is 5.75 Å². The molecule has 0 aliphatic carbocycles. The van der Waals surface area contributed by atoms with E-state index in [2.05, 4.69) is 29.2 Å². The molecule has 3 heterocycles. The van der Waals surface area contributed by atoms with E-state index in [0.717, 1.165) is 45.7 Å². The molecule has 4 aromatic rings. The number of aromatic hydroxyl groups is 1. The van der Waals surface area contributed by atoms with Crippen LogP contribution < -0.4 is 0 Å². The van der Waals surface area contributed by atoms with Gasteiger partial charge >= 0.3 is 11.9 Å². The Labute approximate surface area is 265 Å².